The predicted molar refractivity (Wildman–Crippen MR) is 53.2 cm³/mol. The lowest BCUT2D eigenvalue weighted by atomic mass is 9.88. The zero-order valence-corrected chi connectivity index (χ0v) is 9.00. The van der Waals surface area contributed by atoms with Gasteiger partial charge in [-0.25, -0.2) is 4.98 Å². The van der Waals surface area contributed by atoms with Crippen molar-refractivity contribution in [2.45, 2.75) is 26.9 Å². The Balaban J connectivity index is 2.95. The molecule has 1 rings (SSSR count). The van der Waals surface area contributed by atoms with Crippen molar-refractivity contribution >= 4 is 6.29 Å². The normalized spacial score (nSPS) is 14.0. The molecule has 1 aromatic rings. The number of imidazole rings is 1. The van der Waals surface area contributed by atoms with E-state index >= 15 is 0 Å². The van der Waals surface area contributed by atoms with E-state index in [0.717, 1.165) is 6.29 Å². The molecule has 0 saturated heterocycles. The Kier molecular flexibility index (Phi) is 3.06. The molecule has 4 heteroatoms. The third-order valence-electron chi connectivity index (χ3n) is 2.01. The van der Waals surface area contributed by atoms with Crippen molar-refractivity contribution in [3.8, 4) is 0 Å². The van der Waals surface area contributed by atoms with Crippen LogP contribution in [0, 0.1) is 5.41 Å². The molecule has 1 aromatic heterocycles. The van der Waals surface area contributed by atoms with Gasteiger partial charge < -0.3 is 9.72 Å². The summed E-state index contributed by atoms with van der Waals surface area (Å²) in [5, 5.41) is 0. The first kappa shape index (κ1) is 10.9. The van der Waals surface area contributed by atoms with Crippen molar-refractivity contribution in [1.29, 1.82) is 0 Å². The van der Waals surface area contributed by atoms with E-state index in [1.807, 2.05) is 0 Å². The molecule has 0 aliphatic rings. The fraction of sp³-hybridized carbons (Fsp3) is 0.600. The number of nitrogens with one attached hydrogen (secondary N) is 1. The summed E-state index contributed by atoms with van der Waals surface area (Å²) in [7, 11) is 1.64. The van der Waals surface area contributed by atoms with Gasteiger partial charge in [-0.3, -0.25) is 4.79 Å². The summed E-state index contributed by atoms with van der Waals surface area (Å²) in [5.41, 5.74) is 0.429. The van der Waals surface area contributed by atoms with Crippen LogP contribution in [0.3, 0.4) is 0 Å². The number of ether oxygens (including phenoxy) is 1. The third-order valence-corrected chi connectivity index (χ3v) is 2.01. The summed E-state index contributed by atoms with van der Waals surface area (Å²) in [6, 6.07) is 0. The lowest BCUT2D eigenvalue weighted by molar-refractivity contribution is 0.00922. The molecule has 1 atom stereocenters. The van der Waals surface area contributed by atoms with Gasteiger partial charge in [0.2, 0.25) is 0 Å². The Bertz CT molecular complexity index is 312. The van der Waals surface area contributed by atoms with Crippen molar-refractivity contribution in [3.05, 3.63) is 17.7 Å². The summed E-state index contributed by atoms with van der Waals surface area (Å²) in [6.07, 6.45) is 2.13. The lowest BCUT2D eigenvalue weighted by Gasteiger charge is -2.27. The van der Waals surface area contributed by atoms with Gasteiger partial charge in [0.25, 0.3) is 0 Å². The predicted octanol–water partition coefficient (Wildman–Crippen LogP) is 1.96. The summed E-state index contributed by atoms with van der Waals surface area (Å²) >= 11 is 0. The van der Waals surface area contributed by atoms with Crippen LogP contribution in [0.1, 0.15) is 43.2 Å². The molecule has 0 aliphatic heterocycles. The van der Waals surface area contributed by atoms with E-state index in [1.54, 1.807) is 7.11 Å². The van der Waals surface area contributed by atoms with Crippen LogP contribution in [0.5, 0.6) is 0 Å². The first-order valence-electron chi connectivity index (χ1n) is 4.52. The number of aldehydes is 1. The van der Waals surface area contributed by atoms with Crippen molar-refractivity contribution in [1.82, 2.24) is 9.97 Å². The van der Waals surface area contributed by atoms with Crippen LogP contribution in [-0.2, 0) is 4.74 Å². The first-order chi connectivity index (χ1) is 6.49. The molecule has 0 aliphatic carbocycles. The van der Waals surface area contributed by atoms with Gasteiger partial charge in [-0.05, 0) is 5.41 Å². The number of carbonyl (C=O) groups is 1. The first-order valence-corrected chi connectivity index (χ1v) is 4.52. The lowest BCUT2D eigenvalue weighted by Crippen LogP contribution is -2.21. The standard InChI is InChI=1S/C10H16N2O2/c1-10(2,3)8(14-4)9-11-5-7(6-13)12-9/h5-6,8H,1-4H3,(H,11,12). The number of methoxy groups -OCH3 is 1. The fourth-order valence-corrected chi connectivity index (χ4v) is 1.42. The second kappa shape index (κ2) is 3.92. The largest absolute Gasteiger partial charge is 0.373 e. The zero-order valence-electron chi connectivity index (χ0n) is 9.00. The average Bonchev–Trinajstić information content (AvgIpc) is 2.51. The van der Waals surface area contributed by atoms with Gasteiger partial charge in [-0.1, -0.05) is 20.8 Å². The van der Waals surface area contributed by atoms with Gasteiger partial charge >= 0.3 is 0 Å². The highest BCUT2D eigenvalue weighted by atomic mass is 16.5. The van der Waals surface area contributed by atoms with Crippen LogP contribution in [0.2, 0.25) is 0 Å². The summed E-state index contributed by atoms with van der Waals surface area (Å²) in [4.78, 5) is 17.5. The molecule has 0 saturated carbocycles. The quantitative estimate of drug-likeness (QED) is 0.752. The van der Waals surface area contributed by atoms with Gasteiger partial charge in [-0.15, -0.1) is 0 Å². The summed E-state index contributed by atoms with van der Waals surface area (Å²) in [5.74, 6) is 0.696. The second-order valence-corrected chi connectivity index (χ2v) is 4.32. The minimum absolute atomic E-state index is 0.0489. The van der Waals surface area contributed by atoms with Crippen LogP contribution < -0.4 is 0 Å². The molecular weight excluding hydrogens is 180 g/mol. The van der Waals surface area contributed by atoms with E-state index in [-0.39, 0.29) is 11.5 Å². The molecule has 0 bridgehead atoms. The highest BCUT2D eigenvalue weighted by Crippen LogP contribution is 2.33. The Morgan fingerprint density at radius 1 is 1.57 bits per heavy atom. The van der Waals surface area contributed by atoms with E-state index in [2.05, 4.69) is 30.7 Å². The number of aromatic amines is 1. The van der Waals surface area contributed by atoms with Crippen LogP contribution in [0.4, 0.5) is 0 Å². The maximum Gasteiger partial charge on any atom is 0.167 e. The van der Waals surface area contributed by atoms with E-state index in [1.165, 1.54) is 6.20 Å². The molecule has 0 amide bonds. The number of carbonyl (C=O) groups excluding carboxylic acids is 1. The monoisotopic (exact) mass is 196 g/mol. The molecule has 1 N–H and O–H groups in total. The number of rotatable bonds is 3. The Hall–Kier alpha value is -1.16. The van der Waals surface area contributed by atoms with Gasteiger partial charge in [0, 0.05) is 7.11 Å². The van der Waals surface area contributed by atoms with E-state index in [4.69, 9.17) is 4.74 Å². The van der Waals surface area contributed by atoms with Gasteiger partial charge in [0.15, 0.2) is 6.29 Å². The minimum Gasteiger partial charge on any atom is -0.373 e. The molecule has 1 heterocycles. The number of hydrogen-bond acceptors (Lipinski definition) is 3. The Morgan fingerprint density at radius 2 is 2.21 bits per heavy atom. The number of hydrogen-bond donors (Lipinski definition) is 1. The molecule has 0 radical (unpaired) electrons. The van der Waals surface area contributed by atoms with Gasteiger partial charge in [0.1, 0.15) is 11.9 Å². The Morgan fingerprint density at radius 3 is 2.57 bits per heavy atom. The number of H-pyrrole nitrogens is 1. The molecule has 0 fully saturated rings. The van der Waals surface area contributed by atoms with Gasteiger partial charge in [-0.2, -0.15) is 0 Å². The van der Waals surface area contributed by atoms with Crippen molar-refractivity contribution in [2.75, 3.05) is 7.11 Å². The number of nitrogens with zero attached hydrogens (tertiary/aromatic N) is 1. The van der Waals surface area contributed by atoms with Gasteiger partial charge in [0.05, 0.1) is 11.9 Å². The molecular formula is C10H16N2O2. The smallest absolute Gasteiger partial charge is 0.167 e. The molecule has 0 aromatic carbocycles. The van der Waals surface area contributed by atoms with Crippen LogP contribution >= 0.6 is 0 Å². The molecule has 0 spiro atoms. The average molecular weight is 196 g/mol. The van der Waals surface area contributed by atoms with Crippen molar-refractivity contribution < 1.29 is 9.53 Å². The minimum atomic E-state index is -0.129. The van der Waals surface area contributed by atoms with Crippen molar-refractivity contribution in [2.24, 2.45) is 5.41 Å². The van der Waals surface area contributed by atoms with E-state index in [9.17, 15) is 4.79 Å². The molecule has 78 valence electrons. The molecule has 1 unspecified atom stereocenters. The highest BCUT2D eigenvalue weighted by Gasteiger charge is 2.28. The second-order valence-electron chi connectivity index (χ2n) is 4.32. The highest BCUT2D eigenvalue weighted by molar-refractivity contribution is 5.71. The van der Waals surface area contributed by atoms with E-state index < -0.39 is 0 Å². The molecule has 14 heavy (non-hydrogen) atoms. The molecule has 4 nitrogen and oxygen atoms in total. The summed E-state index contributed by atoms with van der Waals surface area (Å²) < 4.78 is 5.35. The summed E-state index contributed by atoms with van der Waals surface area (Å²) in [6.45, 7) is 6.18. The zero-order chi connectivity index (χ0) is 10.8. The maximum atomic E-state index is 10.5. The third kappa shape index (κ3) is 2.20. The SMILES string of the molecule is COC(c1ncc(C=O)[nH]1)C(C)(C)C. The number of aromatic nitrogens is 2. The van der Waals surface area contributed by atoms with E-state index in [0.29, 0.717) is 11.5 Å². The fourth-order valence-electron chi connectivity index (χ4n) is 1.42. The van der Waals surface area contributed by atoms with Crippen LogP contribution in [0.15, 0.2) is 6.20 Å². The van der Waals surface area contributed by atoms with Crippen LogP contribution in [0.25, 0.3) is 0 Å². The van der Waals surface area contributed by atoms with Crippen LogP contribution in [-0.4, -0.2) is 23.4 Å². The van der Waals surface area contributed by atoms with Crippen molar-refractivity contribution in [3.63, 3.8) is 0 Å². The maximum absolute atomic E-state index is 10.5. The topological polar surface area (TPSA) is 55.0 Å². The Labute approximate surface area is 83.7 Å².